The van der Waals surface area contributed by atoms with Crippen LogP contribution in [0.25, 0.3) is 0 Å². The second kappa shape index (κ2) is 6.37. The Balaban J connectivity index is 1.86. The van der Waals surface area contributed by atoms with Gasteiger partial charge in [0.1, 0.15) is 13.2 Å². The third-order valence-electron chi connectivity index (χ3n) is 3.89. The van der Waals surface area contributed by atoms with E-state index < -0.39 is 21.3 Å². The molecule has 9 nitrogen and oxygen atoms in total. The molecule has 0 spiro atoms. The zero-order valence-corrected chi connectivity index (χ0v) is 14.5. The Morgan fingerprint density at radius 1 is 1.04 bits per heavy atom. The highest BCUT2D eigenvalue weighted by Crippen LogP contribution is 2.32. The molecule has 0 bridgehead atoms. The first kappa shape index (κ1) is 17.2. The number of ether oxygens (including phenoxy) is 2. The van der Waals surface area contributed by atoms with Crippen LogP contribution in [0.1, 0.15) is 5.69 Å². The minimum absolute atomic E-state index is 0.00517. The van der Waals surface area contributed by atoms with Gasteiger partial charge in [0.05, 0.1) is 11.4 Å². The van der Waals surface area contributed by atoms with Gasteiger partial charge in [0.25, 0.3) is 5.56 Å². The number of nitrogens with one attached hydrogen (secondary N) is 1. The molecule has 0 saturated heterocycles. The highest BCUT2D eigenvalue weighted by Gasteiger charge is 2.20. The summed E-state index contributed by atoms with van der Waals surface area (Å²) in [6.07, 6.45) is 0. The van der Waals surface area contributed by atoms with Crippen molar-refractivity contribution >= 4 is 10.0 Å². The van der Waals surface area contributed by atoms with Crippen molar-refractivity contribution in [2.45, 2.75) is 11.4 Å². The molecule has 25 heavy (non-hydrogen) atoms. The molecule has 1 aliphatic rings. The van der Waals surface area contributed by atoms with Crippen molar-refractivity contribution in [2.24, 2.45) is 14.1 Å². The number of hydrogen-bond acceptors (Lipinski definition) is 6. The van der Waals surface area contributed by atoms with Gasteiger partial charge in [0.15, 0.2) is 11.5 Å². The van der Waals surface area contributed by atoms with Crippen LogP contribution < -0.4 is 25.4 Å². The van der Waals surface area contributed by atoms with E-state index in [0.29, 0.717) is 24.7 Å². The standard InChI is InChI=1S/C15H17N3O6S/c1-17-10(7-14(19)18(2)15(17)20)9-16-25(21,22)11-3-4-12-13(8-11)24-6-5-23-12/h3-4,7-8,16H,5-6,9H2,1-2H3. The Bertz CT molecular complexity index is 1040. The van der Waals surface area contributed by atoms with Gasteiger partial charge in [-0.1, -0.05) is 0 Å². The number of fused-ring (bicyclic) bond motifs is 1. The van der Waals surface area contributed by atoms with Crippen molar-refractivity contribution in [1.29, 1.82) is 0 Å². The highest BCUT2D eigenvalue weighted by atomic mass is 32.2. The SMILES string of the molecule is Cn1c(CNS(=O)(=O)c2ccc3c(c2)OCCO3)cc(=O)n(C)c1=O. The predicted molar refractivity (Wildman–Crippen MR) is 88.4 cm³/mol. The van der Waals surface area contributed by atoms with Crippen molar-refractivity contribution in [3.05, 3.63) is 50.8 Å². The van der Waals surface area contributed by atoms with Crippen molar-refractivity contribution in [2.75, 3.05) is 13.2 Å². The first-order valence-corrected chi connectivity index (χ1v) is 8.93. The van der Waals surface area contributed by atoms with Gasteiger partial charge in [-0.25, -0.2) is 17.9 Å². The Morgan fingerprint density at radius 2 is 1.72 bits per heavy atom. The molecule has 1 aliphatic heterocycles. The Hall–Kier alpha value is -2.59. The fourth-order valence-corrected chi connectivity index (χ4v) is 3.40. The van der Waals surface area contributed by atoms with Gasteiger partial charge in [0.2, 0.25) is 10.0 Å². The average molecular weight is 367 g/mol. The van der Waals surface area contributed by atoms with Gasteiger partial charge in [-0.2, -0.15) is 0 Å². The summed E-state index contributed by atoms with van der Waals surface area (Å²) in [6.45, 7) is 0.562. The topological polar surface area (TPSA) is 109 Å². The summed E-state index contributed by atoms with van der Waals surface area (Å²) in [4.78, 5) is 23.6. The van der Waals surface area contributed by atoms with Crippen LogP contribution in [0.2, 0.25) is 0 Å². The number of benzene rings is 1. The summed E-state index contributed by atoms with van der Waals surface area (Å²) in [5.74, 6) is 0.842. The molecule has 10 heteroatoms. The van der Waals surface area contributed by atoms with Crippen LogP contribution in [0.15, 0.2) is 38.8 Å². The molecule has 1 N–H and O–H groups in total. The van der Waals surface area contributed by atoms with Crippen molar-refractivity contribution < 1.29 is 17.9 Å². The first-order chi connectivity index (χ1) is 11.8. The fraction of sp³-hybridized carbons (Fsp3) is 0.333. The lowest BCUT2D eigenvalue weighted by Crippen LogP contribution is -2.39. The quantitative estimate of drug-likeness (QED) is 0.768. The minimum atomic E-state index is -3.85. The minimum Gasteiger partial charge on any atom is -0.486 e. The average Bonchev–Trinajstić information content (AvgIpc) is 2.61. The van der Waals surface area contributed by atoms with E-state index in [4.69, 9.17) is 9.47 Å². The predicted octanol–water partition coefficient (Wildman–Crippen LogP) is -0.666. The third-order valence-corrected chi connectivity index (χ3v) is 5.29. The van der Waals surface area contributed by atoms with E-state index >= 15 is 0 Å². The molecule has 0 aliphatic carbocycles. The number of nitrogens with zero attached hydrogens (tertiary/aromatic N) is 2. The first-order valence-electron chi connectivity index (χ1n) is 7.45. The second-order valence-corrected chi connectivity index (χ2v) is 7.27. The van der Waals surface area contributed by atoms with Gasteiger partial charge >= 0.3 is 5.69 Å². The Morgan fingerprint density at radius 3 is 2.44 bits per heavy atom. The molecular weight excluding hydrogens is 350 g/mol. The summed E-state index contributed by atoms with van der Waals surface area (Å²) in [5, 5.41) is 0. The van der Waals surface area contributed by atoms with Crippen LogP contribution in [0, 0.1) is 0 Å². The van der Waals surface area contributed by atoms with Crippen LogP contribution in [-0.2, 0) is 30.7 Å². The smallest absolute Gasteiger partial charge is 0.330 e. The molecular formula is C15H17N3O6S. The summed E-state index contributed by atoms with van der Waals surface area (Å²) in [5.41, 5.74) is -0.771. The molecule has 1 aromatic heterocycles. The summed E-state index contributed by atoms with van der Waals surface area (Å²) >= 11 is 0. The zero-order chi connectivity index (χ0) is 18.2. The van der Waals surface area contributed by atoms with Gasteiger partial charge in [-0.15, -0.1) is 0 Å². The maximum atomic E-state index is 12.5. The normalized spacial score (nSPS) is 13.7. The Kier molecular flexibility index (Phi) is 4.39. The largest absolute Gasteiger partial charge is 0.486 e. The molecule has 0 atom stereocenters. The lowest BCUT2D eigenvalue weighted by Gasteiger charge is -2.19. The van der Waals surface area contributed by atoms with Crippen LogP contribution >= 0.6 is 0 Å². The summed E-state index contributed by atoms with van der Waals surface area (Å²) < 4.78 is 40.2. The molecule has 0 radical (unpaired) electrons. The van der Waals surface area contributed by atoms with Gasteiger partial charge in [0, 0.05) is 31.9 Å². The van der Waals surface area contributed by atoms with E-state index in [1.54, 1.807) is 0 Å². The molecule has 0 amide bonds. The van der Waals surface area contributed by atoms with Gasteiger partial charge < -0.3 is 9.47 Å². The van der Waals surface area contributed by atoms with Crippen LogP contribution in [0.4, 0.5) is 0 Å². The summed E-state index contributed by atoms with van der Waals surface area (Å²) in [7, 11) is -1.03. The van der Waals surface area contributed by atoms with Gasteiger partial charge in [-0.3, -0.25) is 13.9 Å². The van der Waals surface area contributed by atoms with Crippen molar-refractivity contribution in [3.8, 4) is 11.5 Å². The number of aromatic nitrogens is 2. The monoisotopic (exact) mass is 367 g/mol. The van der Waals surface area contributed by atoms with E-state index in [0.717, 1.165) is 4.57 Å². The molecule has 0 fully saturated rings. The highest BCUT2D eigenvalue weighted by molar-refractivity contribution is 7.89. The number of sulfonamides is 1. The van der Waals surface area contributed by atoms with Gasteiger partial charge in [-0.05, 0) is 12.1 Å². The molecule has 134 valence electrons. The molecule has 2 aromatic rings. The molecule has 1 aromatic carbocycles. The maximum absolute atomic E-state index is 12.5. The third kappa shape index (κ3) is 3.30. The Labute approximate surface area is 143 Å². The number of rotatable bonds is 4. The van der Waals surface area contributed by atoms with Crippen LogP contribution in [0.5, 0.6) is 11.5 Å². The van der Waals surface area contributed by atoms with Crippen molar-refractivity contribution in [1.82, 2.24) is 13.9 Å². The van der Waals surface area contributed by atoms with E-state index in [1.165, 1.54) is 42.9 Å². The second-order valence-electron chi connectivity index (χ2n) is 5.50. The molecule has 0 saturated carbocycles. The zero-order valence-electron chi connectivity index (χ0n) is 13.7. The van der Waals surface area contributed by atoms with E-state index in [2.05, 4.69) is 4.72 Å². The van der Waals surface area contributed by atoms with Crippen LogP contribution in [-0.4, -0.2) is 30.8 Å². The van der Waals surface area contributed by atoms with Crippen LogP contribution in [0.3, 0.4) is 0 Å². The number of hydrogen-bond donors (Lipinski definition) is 1. The van der Waals surface area contributed by atoms with Crippen molar-refractivity contribution in [3.63, 3.8) is 0 Å². The molecule has 2 heterocycles. The lowest BCUT2D eigenvalue weighted by molar-refractivity contribution is 0.171. The molecule has 3 rings (SSSR count). The fourth-order valence-electron chi connectivity index (χ4n) is 2.39. The van der Waals surface area contributed by atoms with E-state index in [9.17, 15) is 18.0 Å². The lowest BCUT2D eigenvalue weighted by atomic mass is 10.3. The molecule has 0 unspecified atom stereocenters. The van der Waals surface area contributed by atoms with E-state index in [-0.39, 0.29) is 17.1 Å². The van der Waals surface area contributed by atoms with E-state index in [1.807, 2.05) is 0 Å². The summed E-state index contributed by atoms with van der Waals surface area (Å²) in [6, 6.07) is 5.52. The maximum Gasteiger partial charge on any atom is 0.330 e.